The Kier molecular flexibility index (Phi) is 2.34. The summed E-state index contributed by atoms with van der Waals surface area (Å²) in [5, 5.41) is 3.50. The Morgan fingerprint density at radius 2 is 1.93 bits per heavy atom. The maximum Gasteiger partial charge on any atom is 0.0278 e. The fourth-order valence-electron chi connectivity index (χ4n) is 3.26. The highest BCUT2D eigenvalue weighted by atomic mass is 15.2. The van der Waals surface area contributed by atoms with E-state index in [0.29, 0.717) is 0 Å². The van der Waals surface area contributed by atoms with E-state index in [-0.39, 0.29) is 0 Å². The average molecular weight is 192 g/mol. The molecule has 0 radical (unpaired) electrons. The van der Waals surface area contributed by atoms with Gasteiger partial charge in [-0.2, -0.15) is 0 Å². The molecule has 0 saturated carbocycles. The number of fused-ring (bicyclic) bond motifs is 1. The molecule has 0 bridgehead atoms. The molecule has 1 aliphatic carbocycles. The standard InChI is InChI=1S/C12H20N2/c1-2-4-12(5-3-1)14-8-10-6-13-7-11(10)9-14/h2,4,10-13H,1,3,5-9H2. The minimum absolute atomic E-state index is 0.773. The summed E-state index contributed by atoms with van der Waals surface area (Å²) in [4.78, 5) is 2.71. The number of rotatable bonds is 1. The molecule has 0 spiro atoms. The smallest absolute Gasteiger partial charge is 0.0278 e. The van der Waals surface area contributed by atoms with Gasteiger partial charge in [-0.15, -0.1) is 0 Å². The van der Waals surface area contributed by atoms with Crippen LogP contribution in [-0.2, 0) is 0 Å². The molecule has 3 unspecified atom stereocenters. The lowest BCUT2D eigenvalue weighted by Gasteiger charge is -2.28. The van der Waals surface area contributed by atoms with Gasteiger partial charge in [0.1, 0.15) is 0 Å². The van der Waals surface area contributed by atoms with Crippen molar-refractivity contribution in [2.45, 2.75) is 25.3 Å². The number of nitrogens with zero attached hydrogens (tertiary/aromatic N) is 1. The van der Waals surface area contributed by atoms with Gasteiger partial charge in [-0.05, 0) is 44.2 Å². The van der Waals surface area contributed by atoms with E-state index in [1.807, 2.05) is 0 Å². The fraction of sp³-hybridized carbons (Fsp3) is 0.833. The van der Waals surface area contributed by atoms with Gasteiger partial charge >= 0.3 is 0 Å². The maximum absolute atomic E-state index is 3.50. The van der Waals surface area contributed by atoms with Crippen LogP contribution in [0.15, 0.2) is 12.2 Å². The van der Waals surface area contributed by atoms with E-state index >= 15 is 0 Å². The van der Waals surface area contributed by atoms with Crippen molar-refractivity contribution < 1.29 is 0 Å². The largest absolute Gasteiger partial charge is 0.316 e. The molecule has 2 fully saturated rings. The highest BCUT2D eigenvalue weighted by molar-refractivity contribution is 5.02. The first kappa shape index (κ1) is 8.93. The third-order valence-corrected chi connectivity index (χ3v) is 4.12. The first-order chi connectivity index (χ1) is 6.93. The van der Waals surface area contributed by atoms with E-state index in [4.69, 9.17) is 0 Å². The summed E-state index contributed by atoms with van der Waals surface area (Å²) in [7, 11) is 0. The van der Waals surface area contributed by atoms with E-state index in [2.05, 4.69) is 22.4 Å². The number of nitrogens with one attached hydrogen (secondary N) is 1. The molecule has 14 heavy (non-hydrogen) atoms. The Labute approximate surface area is 86.4 Å². The highest BCUT2D eigenvalue weighted by Crippen LogP contribution is 2.30. The minimum Gasteiger partial charge on any atom is -0.316 e. The lowest BCUT2D eigenvalue weighted by atomic mass is 10.0. The normalized spacial score (nSPS) is 43.0. The van der Waals surface area contributed by atoms with E-state index in [0.717, 1.165) is 17.9 Å². The van der Waals surface area contributed by atoms with Crippen molar-refractivity contribution in [2.75, 3.05) is 26.2 Å². The Morgan fingerprint density at radius 3 is 2.57 bits per heavy atom. The number of hydrogen-bond acceptors (Lipinski definition) is 2. The molecule has 0 aromatic rings. The minimum atomic E-state index is 0.773. The van der Waals surface area contributed by atoms with Crippen LogP contribution in [0.25, 0.3) is 0 Å². The molecule has 0 aromatic heterocycles. The number of allylic oxidation sites excluding steroid dienone is 1. The summed E-state index contributed by atoms with van der Waals surface area (Å²) in [5.74, 6) is 1.90. The van der Waals surface area contributed by atoms with Crippen LogP contribution in [0.5, 0.6) is 0 Å². The van der Waals surface area contributed by atoms with Crippen LogP contribution in [-0.4, -0.2) is 37.1 Å². The predicted octanol–water partition coefficient (Wildman–Crippen LogP) is 1.25. The molecule has 3 rings (SSSR count). The quantitative estimate of drug-likeness (QED) is 0.629. The Bertz CT molecular complexity index is 224. The Hall–Kier alpha value is -0.340. The van der Waals surface area contributed by atoms with Gasteiger partial charge in [0.25, 0.3) is 0 Å². The zero-order valence-electron chi connectivity index (χ0n) is 8.78. The molecule has 2 saturated heterocycles. The predicted molar refractivity (Wildman–Crippen MR) is 58.2 cm³/mol. The Balaban J connectivity index is 1.64. The second-order valence-electron chi connectivity index (χ2n) is 5.06. The van der Waals surface area contributed by atoms with Gasteiger partial charge in [-0.25, -0.2) is 0 Å². The summed E-state index contributed by atoms with van der Waals surface area (Å²) >= 11 is 0. The lowest BCUT2D eigenvalue weighted by molar-refractivity contribution is 0.245. The van der Waals surface area contributed by atoms with Crippen LogP contribution < -0.4 is 5.32 Å². The van der Waals surface area contributed by atoms with Crippen molar-refractivity contribution in [3.63, 3.8) is 0 Å². The van der Waals surface area contributed by atoms with E-state index in [9.17, 15) is 0 Å². The molecule has 2 heterocycles. The topological polar surface area (TPSA) is 15.3 Å². The van der Waals surface area contributed by atoms with Crippen molar-refractivity contribution in [3.8, 4) is 0 Å². The fourth-order valence-corrected chi connectivity index (χ4v) is 3.26. The summed E-state index contributed by atoms with van der Waals surface area (Å²) in [5.41, 5.74) is 0. The second-order valence-corrected chi connectivity index (χ2v) is 5.06. The van der Waals surface area contributed by atoms with Gasteiger partial charge < -0.3 is 5.32 Å². The van der Waals surface area contributed by atoms with Crippen molar-refractivity contribution in [3.05, 3.63) is 12.2 Å². The monoisotopic (exact) mass is 192 g/mol. The molecule has 2 aliphatic heterocycles. The van der Waals surface area contributed by atoms with Crippen molar-refractivity contribution in [1.82, 2.24) is 10.2 Å². The van der Waals surface area contributed by atoms with Crippen LogP contribution in [0, 0.1) is 11.8 Å². The van der Waals surface area contributed by atoms with Gasteiger partial charge in [0, 0.05) is 19.1 Å². The molecule has 3 atom stereocenters. The van der Waals surface area contributed by atoms with Gasteiger partial charge in [0.05, 0.1) is 0 Å². The highest BCUT2D eigenvalue weighted by Gasteiger charge is 2.38. The van der Waals surface area contributed by atoms with E-state index < -0.39 is 0 Å². The molecule has 78 valence electrons. The molecule has 0 amide bonds. The molecular weight excluding hydrogens is 172 g/mol. The van der Waals surface area contributed by atoms with Crippen LogP contribution in [0.1, 0.15) is 19.3 Å². The Morgan fingerprint density at radius 1 is 1.14 bits per heavy atom. The van der Waals surface area contributed by atoms with Crippen molar-refractivity contribution in [2.24, 2.45) is 11.8 Å². The summed E-state index contributed by atoms with van der Waals surface area (Å²) in [6.45, 7) is 5.20. The lowest BCUT2D eigenvalue weighted by Crippen LogP contribution is -2.35. The van der Waals surface area contributed by atoms with Gasteiger partial charge in [0.15, 0.2) is 0 Å². The summed E-state index contributed by atoms with van der Waals surface area (Å²) in [6, 6.07) is 0.773. The third kappa shape index (κ3) is 1.51. The number of likely N-dealkylation sites (tertiary alicyclic amines) is 1. The van der Waals surface area contributed by atoms with Gasteiger partial charge in [-0.3, -0.25) is 4.90 Å². The van der Waals surface area contributed by atoms with Crippen molar-refractivity contribution in [1.29, 1.82) is 0 Å². The zero-order valence-corrected chi connectivity index (χ0v) is 8.78. The van der Waals surface area contributed by atoms with Crippen LogP contribution in [0.4, 0.5) is 0 Å². The van der Waals surface area contributed by atoms with Gasteiger partial charge in [-0.1, -0.05) is 12.2 Å². The first-order valence-corrected chi connectivity index (χ1v) is 6.05. The van der Waals surface area contributed by atoms with Crippen LogP contribution in [0.2, 0.25) is 0 Å². The maximum atomic E-state index is 3.50. The van der Waals surface area contributed by atoms with E-state index in [1.54, 1.807) is 0 Å². The average Bonchev–Trinajstić information content (AvgIpc) is 2.78. The zero-order chi connectivity index (χ0) is 9.38. The second kappa shape index (κ2) is 3.67. The molecule has 2 heteroatoms. The SMILES string of the molecule is C1=CC(N2CC3CNCC3C2)CCC1. The summed E-state index contributed by atoms with van der Waals surface area (Å²) < 4.78 is 0. The molecule has 0 aromatic carbocycles. The third-order valence-electron chi connectivity index (χ3n) is 4.12. The van der Waals surface area contributed by atoms with Gasteiger partial charge in [0.2, 0.25) is 0 Å². The summed E-state index contributed by atoms with van der Waals surface area (Å²) in [6.07, 6.45) is 8.91. The molecule has 2 nitrogen and oxygen atoms in total. The van der Waals surface area contributed by atoms with Crippen LogP contribution >= 0.6 is 0 Å². The molecule has 1 N–H and O–H groups in total. The first-order valence-electron chi connectivity index (χ1n) is 6.05. The van der Waals surface area contributed by atoms with Crippen LogP contribution in [0.3, 0.4) is 0 Å². The molecule has 3 aliphatic rings. The number of hydrogen-bond donors (Lipinski definition) is 1. The van der Waals surface area contributed by atoms with Crippen molar-refractivity contribution >= 4 is 0 Å². The van der Waals surface area contributed by atoms with E-state index in [1.165, 1.54) is 45.4 Å². The molecular formula is C12H20N2.